The van der Waals surface area contributed by atoms with Crippen molar-refractivity contribution in [3.8, 4) is 0 Å². The summed E-state index contributed by atoms with van der Waals surface area (Å²) >= 11 is 0. The highest BCUT2D eigenvalue weighted by Gasteiger charge is 2.21. The van der Waals surface area contributed by atoms with Crippen LogP contribution in [0.2, 0.25) is 0 Å². The summed E-state index contributed by atoms with van der Waals surface area (Å²) in [5, 5.41) is 5.01. The molecule has 0 atom stereocenters. The molecule has 0 bridgehead atoms. The molecule has 1 aromatic heterocycles. The minimum Gasteiger partial charge on any atom is -0.454 e. The van der Waals surface area contributed by atoms with Gasteiger partial charge in [0.05, 0.1) is 10.5 Å². The van der Waals surface area contributed by atoms with E-state index in [0.29, 0.717) is 12.1 Å². The van der Waals surface area contributed by atoms with E-state index < -0.39 is 44.7 Å². The summed E-state index contributed by atoms with van der Waals surface area (Å²) < 4.78 is 43.8. The van der Waals surface area contributed by atoms with Gasteiger partial charge in [-0.05, 0) is 50.1 Å². The molecule has 0 aliphatic carbocycles. The molecule has 0 amide bonds. The Bertz CT molecular complexity index is 1270. The van der Waals surface area contributed by atoms with Crippen molar-refractivity contribution in [2.24, 2.45) is 5.14 Å². The number of halogens is 1. The van der Waals surface area contributed by atoms with Crippen LogP contribution in [0.4, 0.5) is 4.39 Å². The lowest BCUT2D eigenvalue weighted by Gasteiger charge is -2.10. The molecule has 0 fully saturated rings. The SMILES string of the molecule is Cc1cc(C(=O)COC(=O)c2cc(S(N)(=O)=O)ccc2F)c(C)n1CCc1ccccc1. The molecule has 2 N–H and O–H groups in total. The van der Waals surface area contributed by atoms with Crippen LogP contribution in [0.15, 0.2) is 59.5 Å². The number of aryl methyl sites for hydroxylation is 2. The van der Waals surface area contributed by atoms with Gasteiger partial charge in [-0.25, -0.2) is 22.7 Å². The Morgan fingerprint density at radius 2 is 1.72 bits per heavy atom. The van der Waals surface area contributed by atoms with Crippen molar-refractivity contribution < 1.29 is 27.1 Å². The average Bonchev–Trinajstić information content (AvgIpc) is 3.04. The quantitative estimate of drug-likeness (QED) is 0.412. The molecule has 2 aromatic carbocycles. The minimum atomic E-state index is -4.13. The van der Waals surface area contributed by atoms with E-state index in [1.165, 1.54) is 5.56 Å². The van der Waals surface area contributed by atoms with E-state index in [9.17, 15) is 22.4 Å². The summed E-state index contributed by atoms with van der Waals surface area (Å²) in [6.45, 7) is 3.76. The number of ether oxygens (including phenoxy) is 1. The Labute approximate surface area is 185 Å². The second-order valence-electron chi connectivity index (χ2n) is 7.36. The molecule has 0 unspecified atom stereocenters. The third-order valence-electron chi connectivity index (χ3n) is 5.16. The van der Waals surface area contributed by atoms with Crippen molar-refractivity contribution >= 4 is 21.8 Å². The second kappa shape index (κ2) is 9.46. The van der Waals surface area contributed by atoms with Crippen molar-refractivity contribution in [1.82, 2.24) is 4.57 Å². The van der Waals surface area contributed by atoms with E-state index in [4.69, 9.17) is 9.88 Å². The molecule has 7 nitrogen and oxygen atoms in total. The lowest BCUT2D eigenvalue weighted by molar-refractivity contribution is 0.0469. The molecule has 0 saturated heterocycles. The first-order valence-corrected chi connectivity index (χ1v) is 11.4. The molecule has 0 aliphatic rings. The Balaban J connectivity index is 1.70. The number of rotatable bonds is 8. The summed E-state index contributed by atoms with van der Waals surface area (Å²) in [4.78, 5) is 24.5. The lowest BCUT2D eigenvalue weighted by atomic mass is 10.1. The van der Waals surface area contributed by atoms with Gasteiger partial charge in [-0.2, -0.15) is 0 Å². The standard InChI is InChI=1S/C23H23FN2O5S/c1-15-12-19(16(2)26(15)11-10-17-6-4-3-5-7-17)22(27)14-31-23(28)20-13-18(32(25,29)30)8-9-21(20)24/h3-9,12-13H,10-11,14H2,1-2H3,(H2,25,29,30). The normalized spacial score (nSPS) is 11.4. The highest BCUT2D eigenvalue weighted by molar-refractivity contribution is 7.89. The van der Waals surface area contributed by atoms with Gasteiger partial charge in [0.15, 0.2) is 6.61 Å². The average molecular weight is 459 g/mol. The van der Waals surface area contributed by atoms with Crippen LogP contribution < -0.4 is 5.14 Å². The van der Waals surface area contributed by atoms with Gasteiger partial charge in [0, 0.05) is 23.5 Å². The van der Waals surface area contributed by atoms with E-state index in [2.05, 4.69) is 0 Å². The molecule has 0 spiro atoms. The number of carbonyl (C=O) groups is 2. The van der Waals surface area contributed by atoms with Gasteiger partial charge in [0.1, 0.15) is 5.82 Å². The number of benzene rings is 2. The van der Waals surface area contributed by atoms with Gasteiger partial charge in [-0.15, -0.1) is 0 Å². The van der Waals surface area contributed by atoms with Gasteiger partial charge in [-0.3, -0.25) is 4.79 Å². The number of sulfonamides is 1. The molecule has 168 valence electrons. The summed E-state index contributed by atoms with van der Waals surface area (Å²) in [5.41, 5.74) is 2.59. The van der Waals surface area contributed by atoms with Crippen molar-refractivity contribution in [2.45, 2.75) is 31.7 Å². The zero-order chi connectivity index (χ0) is 23.5. The number of nitrogens with two attached hydrogens (primary N) is 1. The molecule has 0 saturated carbocycles. The molecular weight excluding hydrogens is 435 g/mol. The zero-order valence-corrected chi connectivity index (χ0v) is 18.5. The van der Waals surface area contributed by atoms with E-state index in [-0.39, 0.29) is 0 Å². The van der Waals surface area contributed by atoms with Crippen LogP contribution in [0.5, 0.6) is 0 Å². The topological polar surface area (TPSA) is 108 Å². The van der Waals surface area contributed by atoms with Gasteiger partial charge in [-0.1, -0.05) is 30.3 Å². The summed E-state index contributed by atoms with van der Waals surface area (Å²) in [6, 6.07) is 14.2. The van der Waals surface area contributed by atoms with E-state index >= 15 is 0 Å². The first-order valence-electron chi connectivity index (χ1n) is 9.81. The molecule has 0 radical (unpaired) electrons. The Kier molecular flexibility index (Phi) is 6.90. The fourth-order valence-electron chi connectivity index (χ4n) is 3.44. The smallest absolute Gasteiger partial charge is 0.341 e. The Morgan fingerprint density at radius 3 is 2.38 bits per heavy atom. The maximum absolute atomic E-state index is 14.0. The van der Waals surface area contributed by atoms with Crippen molar-refractivity contribution in [3.63, 3.8) is 0 Å². The predicted octanol–water partition coefficient (Wildman–Crippen LogP) is 3.17. The van der Waals surface area contributed by atoms with Crippen molar-refractivity contribution in [3.05, 3.63) is 88.5 Å². The van der Waals surface area contributed by atoms with Gasteiger partial charge < -0.3 is 9.30 Å². The molecular formula is C23H23FN2O5S. The predicted molar refractivity (Wildman–Crippen MR) is 116 cm³/mol. The van der Waals surface area contributed by atoms with Crippen LogP contribution in [0, 0.1) is 19.7 Å². The number of Topliss-reactive ketones (excluding diaryl/α,β-unsaturated/α-hetero) is 1. The number of aromatic nitrogens is 1. The number of hydrogen-bond acceptors (Lipinski definition) is 5. The molecule has 0 aliphatic heterocycles. The lowest BCUT2D eigenvalue weighted by Crippen LogP contribution is -2.18. The van der Waals surface area contributed by atoms with E-state index in [1.54, 1.807) is 6.07 Å². The number of esters is 1. The number of primary sulfonamides is 1. The van der Waals surface area contributed by atoms with Crippen LogP contribution in [0.1, 0.15) is 37.7 Å². The number of hydrogen-bond donors (Lipinski definition) is 1. The van der Waals surface area contributed by atoms with Crippen molar-refractivity contribution in [2.75, 3.05) is 6.61 Å². The first kappa shape index (κ1) is 23.4. The Morgan fingerprint density at radius 1 is 1.03 bits per heavy atom. The van der Waals surface area contributed by atoms with E-state index in [0.717, 1.165) is 36.0 Å². The third-order valence-corrected chi connectivity index (χ3v) is 6.07. The molecule has 3 rings (SSSR count). The first-order chi connectivity index (χ1) is 15.1. The van der Waals surface area contributed by atoms with Crippen LogP contribution >= 0.6 is 0 Å². The van der Waals surface area contributed by atoms with Gasteiger partial charge >= 0.3 is 5.97 Å². The monoisotopic (exact) mass is 458 g/mol. The largest absolute Gasteiger partial charge is 0.454 e. The van der Waals surface area contributed by atoms with Gasteiger partial charge in [0.25, 0.3) is 0 Å². The second-order valence-corrected chi connectivity index (χ2v) is 8.92. The zero-order valence-electron chi connectivity index (χ0n) is 17.7. The highest BCUT2D eigenvalue weighted by atomic mass is 32.2. The summed E-state index contributed by atoms with van der Waals surface area (Å²) in [7, 11) is -4.13. The molecule has 1 heterocycles. The van der Waals surface area contributed by atoms with E-state index in [1.807, 2.05) is 48.7 Å². The van der Waals surface area contributed by atoms with Crippen LogP contribution in [-0.2, 0) is 27.7 Å². The van der Waals surface area contributed by atoms with Gasteiger partial charge in [0.2, 0.25) is 15.8 Å². The van der Waals surface area contributed by atoms with Crippen LogP contribution in [-0.4, -0.2) is 31.3 Å². The molecule has 9 heteroatoms. The maximum Gasteiger partial charge on any atom is 0.341 e. The minimum absolute atomic E-state index is 0.405. The fraction of sp³-hybridized carbons (Fsp3) is 0.217. The fourth-order valence-corrected chi connectivity index (χ4v) is 3.98. The summed E-state index contributed by atoms with van der Waals surface area (Å²) in [6.07, 6.45) is 0.791. The maximum atomic E-state index is 14.0. The van der Waals surface area contributed by atoms with Crippen LogP contribution in [0.3, 0.4) is 0 Å². The highest BCUT2D eigenvalue weighted by Crippen LogP contribution is 2.18. The summed E-state index contributed by atoms with van der Waals surface area (Å²) in [5.74, 6) is -2.58. The molecule has 3 aromatic rings. The number of nitrogens with zero attached hydrogens (tertiary/aromatic N) is 1. The third kappa shape index (κ3) is 5.30. The van der Waals surface area contributed by atoms with Crippen LogP contribution in [0.25, 0.3) is 0 Å². The Hall–Kier alpha value is -3.30. The number of ketones is 1. The number of carbonyl (C=O) groups excluding carboxylic acids is 2. The molecule has 32 heavy (non-hydrogen) atoms. The van der Waals surface area contributed by atoms with Crippen molar-refractivity contribution in [1.29, 1.82) is 0 Å².